The van der Waals surface area contributed by atoms with Gasteiger partial charge < -0.3 is 15.5 Å². The van der Waals surface area contributed by atoms with Gasteiger partial charge in [0.15, 0.2) is 5.76 Å². The highest BCUT2D eigenvalue weighted by atomic mass is 16.3. The predicted molar refractivity (Wildman–Crippen MR) is 107 cm³/mol. The van der Waals surface area contributed by atoms with Crippen LogP contribution in [-0.2, 0) is 17.6 Å². The number of anilines is 2. The molecule has 0 radical (unpaired) electrons. The van der Waals surface area contributed by atoms with Crippen LogP contribution >= 0.6 is 0 Å². The van der Waals surface area contributed by atoms with Crippen molar-refractivity contribution in [2.24, 2.45) is 0 Å². The number of carbonyl (C=O) groups is 1. The maximum absolute atomic E-state index is 12.9. The average Bonchev–Trinajstić information content (AvgIpc) is 3.24. The summed E-state index contributed by atoms with van der Waals surface area (Å²) in [5.74, 6) is 0.162. The number of hydrogen-bond acceptors (Lipinski definition) is 5. The molecule has 0 spiro atoms. The second-order valence-corrected chi connectivity index (χ2v) is 7.03. The van der Waals surface area contributed by atoms with Crippen LogP contribution in [0.3, 0.4) is 0 Å². The zero-order valence-electron chi connectivity index (χ0n) is 15.6. The van der Waals surface area contributed by atoms with Crippen LogP contribution in [0, 0.1) is 0 Å². The molecule has 0 bridgehead atoms. The fraction of sp³-hybridized carbons (Fsp3) is 0.286. The van der Waals surface area contributed by atoms with Crippen molar-refractivity contribution in [3.63, 3.8) is 0 Å². The molecule has 28 heavy (non-hydrogen) atoms. The number of aromatic nitrogens is 2. The molecule has 0 aliphatic heterocycles. The van der Waals surface area contributed by atoms with E-state index in [1.807, 2.05) is 12.1 Å². The van der Waals surface area contributed by atoms with Crippen LogP contribution in [0.1, 0.15) is 36.9 Å². The standard InChI is InChI=1S/C21H22N4O3/c1-13(20(26)23-17-9-4-7-14-6-2-3-8-15(14)17)25-21(27)16(22)12-18(24-25)19-10-5-11-28-19/h4-5,7,9-13H,2-3,6,8,22H2,1H3,(H,23,26)/t13-/m1/s1. The Labute approximate surface area is 162 Å². The molecule has 1 aliphatic rings. The van der Waals surface area contributed by atoms with E-state index in [9.17, 15) is 9.59 Å². The largest absolute Gasteiger partial charge is 0.463 e. The highest BCUT2D eigenvalue weighted by Gasteiger charge is 2.22. The molecule has 4 rings (SSSR count). The van der Waals surface area contributed by atoms with Gasteiger partial charge in [-0.25, -0.2) is 4.68 Å². The molecule has 0 fully saturated rings. The van der Waals surface area contributed by atoms with Crippen LogP contribution in [0.5, 0.6) is 0 Å². The summed E-state index contributed by atoms with van der Waals surface area (Å²) in [6.07, 6.45) is 5.76. The predicted octanol–water partition coefficient (Wildman–Crippen LogP) is 3.16. The first-order valence-corrected chi connectivity index (χ1v) is 9.39. The van der Waals surface area contributed by atoms with E-state index in [0.717, 1.165) is 29.6 Å². The van der Waals surface area contributed by atoms with Gasteiger partial charge in [-0.2, -0.15) is 5.10 Å². The lowest BCUT2D eigenvalue weighted by Gasteiger charge is -2.21. The Hall–Kier alpha value is -3.35. The molecule has 7 heteroatoms. The minimum absolute atomic E-state index is 0.0122. The van der Waals surface area contributed by atoms with E-state index >= 15 is 0 Å². The molecule has 3 N–H and O–H groups in total. The molecule has 2 heterocycles. The van der Waals surface area contributed by atoms with Crippen LogP contribution in [0.4, 0.5) is 11.4 Å². The third-order valence-electron chi connectivity index (χ3n) is 5.14. The van der Waals surface area contributed by atoms with E-state index in [4.69, 9.17) is 10.2 Å². The van der Waals surface area contributed by atoms with E-state index in [2.05, 4.69) is 16.5 Å². The number of rotatable bonds is 4. The van der Waals surface area contributed by atoms with Gasteiger partial charge in [-0.1, -0.05) is 12.1 Å². The summed E-state index contributed by atoms with van der Waals surface area (Å²) >= 11 is 0. The Bertz CT molecular complexity index is 1070. The second-order valence-electron chi connectivity index (χ2n) is 7.03. The summed E-state index contributed by atoms with van der Waals surface area (Å²) in [4.78, 5) is 25.4. The molecule has 1 amide bonds. The van der Waals surface area contributed by atoms with Gasteiger partial charge in [0.2, 0.25) is 5.91 Å². The van der Waals surface area contributed by atoms with Gasteiger partial charge in [-0.05, 0) is 68.0 Å². The maximum atomic E-state index is 12.9. The van der Waals surface area contributed by atoms with E-state index < -0.39 is 11.6 Å². The number of carbonyl (C=O) groups excluding carboxylic acids is 1. The number of nitrogen functional groups attached to an aromatic ring is 1. The molecule has 3 aromatic rings. The highest BCUT2D eigenvalue weighted by molar-refractivity contribution is 5.94. The Kier molecular flexibility index (Phi) is 4.73. The minimum atomic E-state index is -0.829. The third kappa shape index (κ3) is 3.31. The molecular formula is C21H22N4O3. The van der Waals surface area contributed by atoms with Crippen LogP contribution in [0.15, 0.2) is 51.9 Å². The van der Waals surface area contributed by atoms with Gasteiger partial charge in [-0.3, -0.25) is 9.59 Å². The Morgan fingerprint density at radius 1 is 1.25 bits per heavy atom. The zero-order valence-corrected chi connectivity index (χ0v) is 15.6. The first-order valence-electron chi connectivity index (χ1n) is 9.39. The summed E-state index contributed by atoms with van der Waals surface area (Å²) in [5.41, 5.74) is 9.03. The number of nitrogens with one attached hydrogen (secondary N) is 1. The smallest absolute Gasteiger partial charge is 0.290 e. The van der Waals surface area contributed by atoms with E-state index in [1.54, 1.807) is 19.1 Å². The van der Waals surface area contributed by atoms with Gasteiger partial charge in [0.05, 0.1) is 6.26 Å². The molecule has 0 unspecified atom stereocenters. The average molecular weight is 378 g/mol. The summed E-state index contributed by atoms with van der Waals surface area (Å²) in [6, 6.07) is 10.0. The molecular weight excluding hydrogens is 356 g/mol. The number of benzene rings is 1. The lowest BCUT2D eigenvalue weighted by Crippen LogP contribution is -2.35. The maximum Gasteiger partial charge on any atom is 0.290 e. The number of amides is 1. The number of aryl methyl sites for hydroxylation is 1. The first-order chi connectivity index (χ1) is 13.5. The van der Waals surface area contributed by atoms with Crippen molar-refractivity contribution in [2.45, 2.75) is 38.6 Å². The van der Waals surface area contributed by atoms with Crippen molar-refractivity contribution >= 4 is 17.3 Å². The molecule has 144 valence electrons. The summed E-state index contributed by atoms with van der Waals surface area (Å²) in [7, 11) is 0. The first kappa shape index (κ1) is 18.0. The van der Waals surface area contributed by atoms with Gasteiger partial charge in [-0.15, -0.1) is 0 Å². The van der Waals surface area contributed by atoms with Gasteiger partial charge in [0, 0.05) is 5.69 Å². The van der Waals surface area contributed by atoms with Crippen molar-refractivity contribution in [2.75, 3.05) is 11.1 Å². The molecule has 1 atom stereocenters. The van der Waals surface area contributed by atoms with E-state index in [-0.39, 0.29) is 11.6 Å². The number of nitrogens with two attached hydrogens (primary N) is 1. The van der Waals surface area contributed by atoms with Crippen LogP contribution in [0.25, 0.3) is 11.5 Å². The topological polar surface area (TPSA) is 103 Å². The van der Waals surface area contributed by atoms with Crippen LogP contribution in [0.2, 0.25) is 0 Å². The number of nitrogens with zero attached hydrogens (tertiary/aromatic N) is 2. The van der Waals surface area contributed by atoms with Gasteiger partial charge in [0.1, 0.15) is 17.4 Å². The normalized spacial score (nSPS) is 14.3. The Morgan fingerprint density at radius 3 is 2.86 bits per heavy atom. The fourth-order valence-electron chi connectivity index (χ4n) is 3.59. The minimum Gasteiger partial charge on any atom is -0.463 e. The number of hydrogen-bond donors (Lipinski definition) is 2. The SMILES string of the molecule is C[C@H](C(=O)Nc1cccc2c1CCCC2)n1nc(-c2ccco2)cc(N)c1=O. The molecule has 1 aliphatic carbocycles. The second kappa shape index (κ2) is 7.34. The monoisotopic (exact) mass is 378 g/mol. The quantitative estimate of drug-likeness (QED) is 0.726. The van der Waals surface area contributed by atoms with Crippen molar-refractivity contribution in [1.29, 1.82) is 0 Å². The van der Waals surface area contributed by atoms with Gasteiger partial charge in [0.25, 0.3) is 5.56 Å². The fourth-order valence-corrected chi connectivity index (χ4v) is 3.59. The van der Waals surface area contributed by atoms with Crippen LogP contribution < -0.4 is 16.6 Å². The van der Waals surface area contributed by atoms with Crippen molar-refractivity contribution in [1.82, 2.24) is 9.78 Å². The van der Waals surface area contributed by atoms with Gasteiger partial charge >= 0.3 is 0 Å². The Morgan fingerprint density at radius 2 is 2.07 bits per heavy atom. The highest BCUT2D eigenvalue weighted by Crippen LogP contribution is 2.28. The lowest BCUT2D eigenvalue weighted by atomic mass is 9.90. The molecule has 7 nitrogen and oxygen atoms in total. The van der Waals surface area contributed by atoms with Crippen molar-refractivity contribution in [3.8, 4) is 11.5 Å². The number of furan rings is 1. The molecule has 1 aromatic carbocycles. The third-order valence-corrected chi connectivity index (χ3v) is 5.14. The summed E-state index contributed by atoms with van der Waals surface area (Å²) < 4.78 is 6.44. The summed E-state index contributed by atoms with van der Waals surface area (Å²) in [6.45, 7) is 1.63. The van der Waals surface area contributed by atoms with Crippen molar-refractivity contribution < 1.29 is 9.21 Å². The molecule has 2 aromatic heterocycles. The van der Waals surface area contributed by atoms with E-state index in [0.29, 0.717) is 11.5 Å². The van der Waals surface area contributed by atoms with E-state index in [1.165, 1.54) is 29.9 Å². The van der Waals surface area contributed by atoms with Crippen LogP contribution in [-0.4, -0.2) is 15.7 Å². The van der Waals surface area contributed by atoms with Crippen molar-refractivity contribution in [3.05, 3.63) is 64.1 Å². The zero-order chi connectivity index (χ0) is 19.7. The lowest BCUT2D eigenvalue weighted by molar-refractivity contribution is -0.119. The molecule has 0 saturated carbocycles. The summed E-state index contributed by atoms with van der Waals surface area (Å²) in [5, 5.41) is 7.26. The Balaban J connectivity index is 1.64. The molecule has 0 saturated heterocycles. The number of fused-ring (bicyclic) bond motifs is 1.